The van der Waals surface area contributed by atoms with Crippen molar-refractivity contribution in [3.05, 3.63) is 28.1 Å². The van der Waals surface area contributed by atoms with Gasteiger partial charge in [-0.2, -0.15) is 0 Å². The number of aryl methyl sites for hydroxylation is 2. The van der Waals surface area contributed by atoms with Gasteiger partial charge < -0.3 is 19.4 Å². The zero-order chi connectivity index (χ0) is 17.1. The molecule has 2 aromatic rings. The van der Waals surface area contributed by atoms with Gasteiger partial charge in [0.05, 0.1) is 24.4 Å². The van der Waals surface area contributed by atoms with Gasteiger partial charge in [0, 0.05) is 37.1 Å². The van der Waals surface area contributed by atoms with Gasteiger partial charge in [-0.3, -0.25) is 4.79 Å². The van der Waals surface area contributed by atoms with E-state index in [2.05, 4.69) is 15.0 Å². The number of nitrogens with zero attached hydrogens (tertiary/aromatic N) is 4. The number of carbonyl (C=O) groups excluding carboxylic acids is 1. The minimum atomic E-state index is -0.0353. The molecular formula is C16H22N4O3S. The molecule has 0 aromatic carbocycles. The van der Waals surface area contributed by atoms with Crippen LogP contribution in [0.1, 0.15) is 29.1 Å². The molecule has 1 N–H and O–H groups in total. The van der Waals surface area contributed by atoms with Gasteiger partial charge in [0.15, 0.2) is 5.13 Å². The first-order valence-electron chi connectivity index (χ1n) is 8.08. The predicted octanol–water partition coefficient (Wildman–Crippen LogP) is 1.52. The van der Waals surface area contributed by atoms with E-state index in [0.29, 0.717) is 18.7 Å². The van der Waals surface area contributed by atoms with Crippen LogP contribution >= 0.6 is 11.3 Å². The molecule has 1 aliphatic heterocycles. The SMILES string of the molecule is Cc1noc(C)c1CC(=O)N1CCCN(c2nc(CO)cs2)CC1. The normalized spacial score (nSPS) is 15.6. The first-order valence-corrected chi connectivity index (χ1v) is 8.96. The summed E-state index contributed by atoms with van der Waals surface area (Å²) in [4.78, 5) is 21.1. The summed E-state index contributed by atoms with van der Waals surface area (Å²) >= 11 is 1.54. The van der Waals surface area contributed by atoms with Crippen LogP contribution in [-0.2, 0) is 17.8 Å². The number of hydrogen-bond acceptors (Lipinski definition) is 7. The molecule has 0 saturated carbocycles. The van der Waals surface area contributed by atoms with Gasteiger partial charge in [-0.05, 0) is 20.3 Å². The summed E-state index contributed by atoms with van der Waals surface area (Å²) in [6.45, 7) is 6.72. The second kappa shape index (κ2) is 7.31. The molecule has 3 rings (SSSR count). The van der Waals surface area contributed by atoms with Crippen LogP contribution in [0.3, 0.4) is 0 Å². The molecule has 0 aliphatic carbocycles. The van der Waals surface area contributed by atoms with Crippen LogP contribution in [-0.4, -0.2) is 52.2 Å². The van der Waals surface area contributed by atoms with Gasteiger partial charge in [-0.15, -0.1) is 11.3 Å². The van der Waals surface area contributed by atoms with Gasteiger partial charge in [0.25, 0.3) is 0 Å². The number of aliphatic hydroxyl groups is 1. The highest BCUT2D eigenvalue weighted by molar-refractivity contribution is 7.13. The molecule has 0 radical (unpaired) electrons. The monoisotopic (exact) mass is 350 g/mol. The predicted molar refractivity (Wildman–Crippen MR) is 91.1 cm³/mol. The molecule has 1 saturated heterocycles. The highest BCUT2D eigenvalue weighted by atomic mass is 32.1. The lowest BCUT2D eigenvalue weighted by molar-refractivity contribution is -0.130. The van der Waals surface area contributed by atoms with Crippen molar-refractivity contribution in [2.45, 2.75) is 33.3 Å². The van der Waals surface area contributed by atoms with Crippen molar-refractivity contribution in [1.29, 1.82) is 0 Å². The second-order valence-electron chi connectivity index (χ2n) is 5.98. The summed E-state index contributed by atoms with van der Waals surface area (Å²) in [5.41, 5.74) is 2.39. The van der Waals surface area contributed by atoms with Crippen molar-refractivity contribution >= 4 is 22.4 Å². The maximum atomic E-state index is 12.6. The van der Waals surface area contributed by atoms with Crippen molar-refractivity contribution < 1.29 is 14.4 Å². The average molecular weight is 350 g/mol. The van der Waals surface area contributed by atoms with E-state index in [4.69, 9.17) is 9.63 Å². The molecule has 2 aromatic heterocycles. The topological polar surface area (TPSA) is 82.7 Å². The highest BCUT2D eigenvalue weighted by Gasteiger charge is 2.23. The van der Waals surface area contributed by atoms with Crippen molar-refractivity contribution in [3.63, 3.8) is 0 Å². The van der Waals surface area contributed by atoms with Crippen LogP contribution in [0.15, 0.2) is 9.90 Å². The van der Waals surface area contributed by atoms with E-state index in [1.807, 2.05) is 24.1 Å². The maximum Gasteiger partial charge on any atom is 0.227 e. The van der Waals surface area contributed by atoms with Crippen LogP contribution in [0.4, 0.5) is 5.13 Å². The minimum Gasteiger partial charge on any atom is -0.390 e. The molecule has 1 fully saturated rings. The van der Waals surface area contributed by atoms with Crippen molar-refractivity contribution in [2.75, 3.05) is 31.1 Å². The van der Waals surface area contributed by atoms with E-state index in [9.17, 15) is 4.79 Å². The summed E-state index contributed by atoms with van der Waals surface area (Å²) < 4.78 is 5.14. The first-order chi connectivity index (χ1) is 11.6. The Labute approximate surface area is 144 Å². The third-order valence-corrected chi connectivity index (χ3v) is 5.28. The zero-order valence-electron chi connectivity index (χ0n) is 14.0. The Balaban J connectivity index is 1.61. The molecule has 7 nitrogen and oxygen atoms in total. The minimum absolute atomic E-state index is 0.0353. The Hall–Kier alpha value is -1.93. The Morgan fingerprint density at radius 1 is 1.33 bits per heavy atom. The molecule has 0 unspecified atom stereocenters. The number of hydrogen-bond donors (Lipinski definition) is 1. The third-order valence-electron chi connectivity index (χ3n) is 4.33. The molecule has 3 heterocycles. The lowest BCUT2D eigenvalue weighted by Gasteiger charge is -2.21. The third kappa shape index (κ3) is 3.59. The molecular weight excluding hydrogens is 328 g/mol. The second-order valence-corrected chi connectivity index (χ2v) is 6.82. The summed E-state index contributed by atoms with van der Waals surface area (Å²) in [6, 6.07) is 0. The lowest BCUT2D eigenvalue weighted by Crippen LogP contribution is -2.36. The van der Waals surface area contributed by atoms with Crippen LogP contribution in [0.2, 0.25) is 0 Å². The maximum absolute atomic E-state index is 12.6. The molecule has 1 amide bonds. The summed E-state index contributed by atoms with van der Waals surface area (Å²) in [5.74, 6) is 0.832. The summed E-state index contributed by atoms with van der Waals surface area (Å²) in [7, 11) is 0. The number of thiazole rings is 1. The number of anilines is 1. The van der Waals surface area contributed by atoms with Crippen LogP contribution < -0.4 is 4.90 Å². The Kier molecular flexibility index (Phi) is 5.15. The fraction of sp³-hybridized carbons (Fsp3) is 0.562. The Morgan fingerprint density at radius 3 is 2.83 bits per heavy atom. The van der Waals surface area contributed by atoms with Crippen LogP contribution in [0.25, 0.3) is 0 Å². The largest absolute Gasteiger partial charge is 0.390 e. The highest BCUT2D eigenvalue weighted by Crippen LogP contribution is 2.22. The van der Waals surface area contributed by atoms with Crippen LogP contribution in [0, 0.1) is 13.8 Å². The number of aromatic nitrogens is 2. The zero-order valence-corrected chi connectivity index (χ0v) is 14.8. The van der Waals surface area contributed by atoms with Gasteiger partial charge in [-0.25, -0.2) is 4.98 Å². The number of rotatable bonds is 4. The Bertz CT molecular complexity index is 692. The Morgan fingerprint density at radius 2 is 2.17 bits per heavy atom. The van der Waals surface area contributed by atoms with E-state index >= 15 is 0 Å². The van der Waals surface area contributed by atoms with Crippen molar-refractivity contribution in [3.8, 4) is 0 Å². The van der Waals surface area contributed by atoms with Gasteiger partial charge in [0.2, 0.25) is 5.91 Å². The van der Waals surface area contributed by atoms with E-state index in [-0.39, 0.29) is 12.5 Å². The molecule has 24 heavy (non-hydrogen) atoms. The van der Waals surface area contributed by atoms with E-state index in [0.717, 1.165) is 48.2 Å². The fourth-order valence-electron chi connectivity index (χ4n) is 2.89. The number of carbonyl (C=O) groups is 1. The number of amides is 1. The van der Waals surface area contributed by atoms with E-state index < -0.39 is 0 Å². The van der Waals surface area contributed by atoms with Crippen LogP contribution in [0.5, 0.6) is 0 Å². The van der Waals surface area contributed by atoms with Crippen molar-refractivity contribution in [2.24, 2.45) is 0 Å². The molecule has 0 atom stereocenters. The quantitative estimate of drug-likeness (QED) is 0.900. The molecule has 130 valence electrons. The average Bonchev–Trinajstić information content (AvgIpc) is 3.08. The molecule has 0 spiro atoms. The van der Waals surface area contributed by atoms with Crippen molar-refractivity contribution in [1.82, 2.24) is 15.0 Å². The molecule has 8 heteroatoms. The van der Waals surface area contributed by atoms with Gasteiger partial charge in [0.1, 0.15) is 5.76 Å². The molecule has 0 bridgehead atoms. The molecule has 1 aliphatic rings. The summed E-state index contributed by atoms with van der Waals surface area (Å²) in [5, 5.41) is 15.9. The standard InChI is InChI=1S/C16H22N4O3S/c1-11-14(12(2)23-18-11)8-15(22)19-4-3-5-20(7-6-19)16-17-13(9-21)10-24-16/h10,21H,3-9H2,1-2H3. The number of aliphatic hydroxyl groups excluding tert-OH is 1. The van der Waals surface area contributed by atoms with E-state index in [1.165, 1.54) is 11.3 Å². The van der Waals surface area contributed by atoms with E-state index in [1.54, 1.807) is 0 Å². The van der Waals surface area contributed by atoms with Gasteiger partial charge in [-0.1, -0.05) is 5.16 Å². The van der Waals surface area contributed by atoms with Gasteiger partial charge >= 0.3 is 0 Å². The summed E-state index contributed by atoms with van der Waals surface area (Å²) in [6.07, 6.45) is 1.24. The lowest BCUT2D eigenvalue weighted by atomic mass is 10.1. The fourth-order valence-corrected chi connectivity index (χ4v) is 3.76. The first kappa shape index (κ1) is 16.9. The smallest absolute Gasteiger partial charge is 0.227 e.